The number of hydrogen-bond donors (Lipinski definition) is 0. The summed E-state index contributed by atoms with van der Waals surface area (Å²) in [6.07, 6.45) is 0.299. The molecule has 0 saturated heterocycles. The van der Waals surface area contributed by atoms with Crippen LogP contribution in [0.5, 0.6) is 0 Å². The van der Waals surface area contributed by atoms with Gasteiger partial charge in [0.15, 0.2) is 0 Å². The van der Waals surface area contributed by atoms with Gasteiger partial charge < -0.3 is 4.90 Å². The van der Waals surface area contributed by atoms with Gasteiger partial charge in [-0.2, -0.15) is 15.6 Å². The Hall–Kier alpha value is -3.90. The lowest BCUT2D eigenvalue weighted by molar-refractivity contribution is 0.0651. The lowest BCUT2D eigenvalue weighted by atomic mass is 9.99. The van der Waals surface area contributed by atoms with Crippen LogP contribution in [-0.2, 0) is 13.0 Å². The summed E-state index contributed by atoms with van der Waals surface area (Å²) in [4.78, 5) is 15.0. The summed E-state index contributed by atoms with van der Waals surface area (Å²) in [7, 11) is 0. The van der Waals surface area contributed by atoms with E-state index in [9.17, 15) is 10.1 Å². The molecule has 148 valence electrons. The van der Waals surface area contributed by atoms with Gasteiger partial charge in [0.25, 0.3) is 5.91 Å². The molecule has 0 spiro atoms. The number of fused-ring (bicyclic) bond motifs is 1. The van der Waals surface area contributed by atoms with Gasteiger partial charge in [-0.1, -0.05) is 35.9 Å². The van der Waals surface area contributed by atoms with Gasteiger partial charge in [0.1, 0.15) is 5.69 Å². The molecule has 0 unspecified atom stereocenters. The van der Waals surface area contributed by atoms with Crippen LogP contribution in [0.15, 0.2) is 48.5 Å². The van der Waals surface area contributed by atoms with Gasteiger partial charge in [0, 0.05) is 18.7 Å². The molecule has 6 nitrogen and oxygen atoms in total. The van der Waals surface area contributed by atoms with E-state index in [1.54, 1.807) is 16.8 Å². The van der Waals surface area contributed by atoms with Crippen LogP contribution < -0.4 is 0 Å². The molecule has 1 aliphatic heterocycles. The van der Waals surface area contributed by atoms with E-state index in [0.717, 1.165) is 27.9 Å². The first-order chi connectivity index (χ1) is 14.5. The third-order valence-electron chi connectivity index (χ3n) is 5.41. The minimum absolute atomic E-state index is 0.0368. The maximum absolute atomic E-state index is 13.2. The van der Waals surface area contributed by atoms with Gasteiger partial charge in [-0.05, 0) is 43.2 Å². The number of hydrogen-bond acceptors (Lipinski definition) is 4. The molecular weight excluding hydrogens is 374 g/mol. The number of aryl methyl sites for hydroxylation is 1. The summed E-state index contributed by atoms with van der Waals surface area (Å²) < 4.78 is 1.79. The Morgan fingerprint density at radius 1 is 1.13 bits per heavy atom. The first kappa shape index (κ1) is 19.4. The molecule has 0 bridgehead atoms. The fourth-order valence-electron chi connectivity index (χ4n) is 3.91. The number of benzene rings is 2. The van der Waals surface area contributed by atoms with E-state index in [1.165, 1.54) is 0 Å². The van der Waals surface area contributed by atoms with Gasteiger partial charge in [0.05, 0.1) is 35.9 Å². The largest absolute Gasteiger partial charge is 0.331 e. The topological polar surface area (TPSA) is 85.7 Å². The Morgan fingerprint density at radius 3 is 2.60 bits per heavy atom. The van der Waals surface area contributed by atoms with E-state index in [2.05, 4.69) is 12.1 Å². The summed E-state index contributed by atoms with van der Waals surface area (Å²) in [5, 5.41) is 22.9. The number of nitriles is 2. The number of nitrogens with zero attached hydrogens (tertiary/aromatic N) is 5. The van der Waals surface area contributed by atoms with Crippen molar-refractivity contribution in [3.63, 3.8) is 0 Å². The van der Waals surface area contributed by atoms with Crippen molar-refractivity contribution >= 4 is 5.91 Å². The predicted molar refractivity (Wildman–Crippen MR) is 112 cm³/mol. The number of carbonyl (C=O) groups excluding carboxylic acids is 1. The monoisotopic (exact) mass is 395 g/mol. The fraction of sp³-hybridized carbons (Fsp3) is 0.250. The zero-order valence-corrected chi connectivity index (χ0v) is 17.0. The van der Waals surface area contributed by atoms with Gasteiger partial charge >= 0.3 is 0 Å². The van der Waals surface area contributed by atoms with Crippen molar-refractivity contribution in [3.05, 3.63) is 76.5 Å². The van der Waals surface area contributed by atoms with Crippen molar-refractivity contribution in [1.29, 1.82) is 10.5 Å². The summed E-state index contributed by atoms with van der Waals surface area (Å²) in [5.41, 5.74) is 5.76. The molecule has 30 heavy (non-hydrogen) atoms. The number of aromatic nitrogens is 2. The average molecular weight is 395 g/mol. The highest BCUT2D eigenvalue weighted by Gasteiger charge is 2.31. The Bertz CT molecular complexity index is 1190. The molecule has 1 aliphatic rings. The van der Waals surface area contributed by atoms with E-state index in [4.69, 9.17) is 10.4 Å². The van der Waals surface area contributed by atoms with Crippen molar-refractivity contribution in [2.24, 2.45) is 0 Å². The summed E-state index contributed by atoms with van der Waals surface area (Å²) in [6, 6.07) is 19.5. The number of amides is 1. The van der Waals surface area contributed by atoms with Crippen molar-refractivity contribution in [2.45, 2.75) is 32.9 Å². The second kappa shape index (κ2) is 7.85. The van der Waals surface area contributed by atoms with Crippen LogP contribution >= 0.6 is 0 Å². The van der Waals surface area contributed by atoms with E-state index in [-0.39, 0.29) is 11.9 Å². The van der Waals surface area contributed by atoms with E-state index >= 15 is 0 Å². The van der Waals surface area contributed by atoms with Crippen LogP contribution in [0.3, 0.4) is 0 Å². The molecule has 1 amide bonds. The molecule has 2 aromatic carbocycles. The highest BCUT2D eigenvalue weighted by molar-refractivity contribution is 5.94. The molecule has 6 heteroatoms. The zero-order chi connectivity index (χ0) is 21.3. The van der Waals surface area contributed by atoms with E-state index in [1.807, 2.05) is 55.1 Å². The number of rotatable bonds is 4. The van der Waals surface area contributed by atoms with Crippen LogP contribution in [-0.4, -0.2) is 27.1 Å². The molecule has 2 heterocycles. The highest BCUT2D eigenvalue weighted by atomic mass is 16.2. The summed E-state index contributed by atoms with van der Waals surface area (Å²) in [6.45, 7) is 5.09. The third-order valence-corrected chi connectivity index (χ3v) is 5.41. The molecule has 1 aromatic heterocycles. The van der Waals surface area contributed by atoms with Crippen LogP contribution in [0.2, 0.25) is 0 Å². The summed E-state index contributed by atoms with van der Waals surface area (Å²) in [5.74, 6) is -0.0647. The normalized spacial score (nSPS) is 15.4. The van der Waals surface area contributed by atoms with E-state index < -0.39 is 0 Å². The standard InChI is InChI=1S/C24H21N5O/c1-16-3-8-21(20(11-16)9-10-25)22-12-23-24(30)28(14-17(2)29(23)27-22)15-19-6-4-18(13-26)5-7-19/h3-8,11-12,17H,9,14-15H2,1-2H3/t17-/m0/s1. The Balaban J connectivity index is 1.65. The molecule has 0 aliphatic carbocycles. The van der Waals surface area contributed by atoms with Gasteiger partial charge in [-0.3, -0.25) is 9.48 Å². The molecular formula is C24H21N5O. The van der Waals surface area contributed by atoms with E-state index in [0.29, 0.717) is 30.8 Å². The van der Waals surface area contributed by atoms with Gasteiger partial charge in [-0.25, -0.2) is 0 Å². The van der Waals surface area contributed by atoms with Crippen molar-refractivity contribution < 1.29 is 4.79 Å². The van der Waals surface area contributed by atoms with Crippen molar-refractivity contribution in [3.8, 4) is 23.4 Å². The minimum Gasteiger partial charge on any atom is -0.331 e. The smallest absolute Gasteiger partial charge is 0.272 e. The maximum atomic E-state index is 13.2. The molecule has 1 atom stereocenters. The van der Waals surface area contributed by atoms with Gasteiger partial charge in [0.2, 0.25) is 0 Å². The molecule has 0 radical (unpaired) electrons. The molecule has 3 aromatic rings. The van der Waals surface area contributed by atoms with Crippen LogP contribution in [0.4, 0.5) is 0 Å². The lowest BCUT2D eigenvalue weighted by Gasteiger charge is -2.31. The Morgan fingerprint density at radius 2 is 1.90 bits per heavy atom. The zero-order valence-electron chi connectivity index (χ0n) is 17.0. The third kappa shape index (κ3) is 3.56. The quantitative estimate of drug-likeness (QED) is 0.668. The van der Waals surface area contributed by atoms with Crippen molar-refractivity contribution in [2.75, 3.05) is 6.54 Å². The second-order valence-electron chi connectivity index (χ2n) is 7.70. The van der Waals surface area contributed by atoms with Crippen LogP contribution in [0.25, 0.3) is 11.3 Å². The fourth-order valence-corrected chi connectivity index (χ4v) is 3.91. The Labute approximate surface area is 175 Å². The maximum Gasteiger partial charge on any atom is 0.272 e. The SMILES string of the molecule is Cc1ccc(-c2cc3n(n2)[C@@H](C)CN(Cc2ccc(C#N)cc2)C3=O)c(CC#N)c1. The van der Waals surface area contributed by atoms with Crippen LogP contribution in [0.1, 0.15) is 45.7 Å². The molecule has 4 rings (SSSR count). The average Bonchev–Trinajstić information content (AvgIpc) is 3.19. The number of carbonyl (C=O) groups is 1. The van der Waals surface area contributed by atoms with Gasteiger partial charge in [-0.15, -0.1) is 0 Å². The molecule has 0 saturated carbocycles. The molecule has 0 fully saturated rings. The van der Waals surface area contributed by atoms with Crippen LogP contribution in [0, 0.1) is 29.6 Å². The first-order valence-corrected chi connectivity index (χ1v) is 9.85. The highest BCUT2D eigenvalue weighted by Crippen LogP contribution is 2.29. The van der Waals surface area contributed by atoms with Crippen molar-refractivity contribution in [1.82, 2.24) is 14.7 Å². The lowest BCUT2D eigenvalue weighted by Crippen LogP contribution is -2.41. The second-order valence-corrected chi connectivity index (χ2v) is 7.70. The molecule has 0 N–H and O–H groups in total. The first-order valence-electron chi connectivity index (χ1n) is 9.85. The minimum atomic E-state index is -0.0647. The predicted octanol–water partition coefficient (Wildman–Crippen LogP) is 4.01. The summed E-state index contributed by atoms with van der Waals surface area (Å²) >= 11 is 0. The Kier molecular flexibility index (Phi) is 5.08.